The summed E-state index contributed by atoms with van der Waals surface area (Å²) in [5.41, 5.74) is 6.02. The lowest BCUT2D eigenvalue weighted by molar-refractivity contribution is -0.122. The maximum absolute atomic E-state index is 11.7. The van der Waals surface area contributed by atoms with Crippen molar-refractivity contribution in [2.24, 2.45) is 5.73 Å². The fraction of sp³-hybridized carbons (Fsp3) is 0.727. The summed E-state index contributed by atoms with van der Waals surface area (Å²) in [4.78, 5) is 13.8. The highest BCUT2D eigenvalue weighted by Gasteiger charge is 2.21. The lowest BCUT2D eigenvalue weighted by Gasteiger charge is -2.32. The van der Waals surface area contributed by atoms with Crippen LogP contribution in [0, 0.1) is 0 Å². The van der Waals surface area contributed by atoms with Gasteiger partial charge in [-0.25, -0.2) is 4.68 Å². The Kier molecular flexibility index (Phi) is 4.80. The van der Waals surface area contributed by atoms with Crippen LogP contribution in [0.4, 0.5) is 0 Å². The lowest BCUT2D eigenvalue weighted by Crippen LogP contribution is -2.48. The Morgan fingerprint density at radius 3 is 2.72 bits per heavy atom. The summed E-state index contributed by atoms with van der Waals surface area (Å²) in [5.74, 6) is -0.0848. The summed E-state index contributed by atoms with van der Waals surface area (Å²) in [7, 11) is 3.97. The summed E-state index contributed by atoms with van der Waals surface area (Å²) in [5, 5.41) is 10.5. The van der Waals surface area contributed by atoms with Crippen molar-refractivity contribution in [3.63, 3.8) is 0 Å². The van der Waals surface area contributed by atoms with E-state index in [4.69, 9.17) is 5.73 Å². The summed E-state index contributed by atoms with van der Waals surface area (Å²) < 4.78 is 1.49. The second-order valence-electron chi connectivity index (χ2n) is 5.10. The smallest absolute Gasteiger partial charge is 0.241 e. The first-order valence-corrected chi connectivity index (χ1v) is 5.88. The minimum atomic E-state index is -0.0848. The van der Waals surface area contributed by atoms with Gasteiger partial charge in [0.25, 0.3) is 0 Å². The second kappa shape index (κ2) is 5.92. The number of rotatable bonds is 6. The van der Waals surface area contributed by atoms with Crippen molar-refractivity contribution in [1.82, 2.24) is 25.2 Å². The standard InChI is InChI=1S/C11H22N6O/c1-11(2,16(3)4)8-13-10(18)7-17-6-9(5-12)14-15-17/h6H,5,7-8,12H2,1-4H3,(H,13,18). The Hall–Kier alpha value is -1.47. The molecular formula is C11H22N6O. The molecule has 0 atom stereocenters. The molecule has 0 aliphatic carbocycles. The first-order chi connectivity index (χ1) is 8.35. The van der Waals surface area contributed by atoms with Crippen molar-refractivity contribution in [2.75, 3.05) is 20.6 Å². The molecule has 0 bridgehead atoms. The normalized spacial score (nSPS) is 11.9. The van der Waals surface area contributed by atoms with Crippen molar-refractivity contribution in [2.45, 2.75) is 32.5 Å². The van der Waals surface area contributed by atoms with Crippen LogP contribution in [0.25, 0.3) is 0 Å². The average molecular weight is 254 g/mol. The van der Waals surface area contributed by atoms with Gasteiger partial charge in [0.05, 0.1) is 11.9 Å². The maximum atomic E-state index is 11.7. The molecule has 0 aromatic carbocycles. The monoisotopic (exact) mass is 254 g/mol. The van der Waals surface area contributed by atoms with Crippen LogP contribution in [0.2, 0.25) is 0 Å². The molecule has 3 N–H and O–H groups in total. The number of carbonyl (C=O) groups excluding carboxylic acids is 1. The number of likely N-dealkylation sites (N-methyl/N-ethyl adjacent to an activating group) is 1. The maximum Gasteiger partial charge on any atom is 0.241 e. The second-order valence-corrected chi connectivity index (χ2v) is 5.10. The number of nitrogens with two attached hydrogens (primary N) is 1. The van der Waals surface area contributed by atoms with Crippen LogP contribution in [-0.4, -0.2) is 52.0 Å². The Balaban J connectivity index is 2.42. The van der Waals surface area contributed by atoms with E-state index in [0.717, 1.165) is 0 Å². The predicted octanol–water partition coefficient (Wildman–Crippen LogP) is -0.807. The predicted molar refractivity (Wildman–Crippen MR) is 68.7 cm³/mol. The zero-order chi connectivity index (χ0) is 13.8. The van der Waals surface area contributed by atoms with Crippen LogP contribution in [0.3, 0.4) is 0 Å². The van der Waals surface area contributed by atoms with E-state index in [9.17, 15) is 4.79 Å². The molecule has 1 rings (SSSR count). The van der Waals surface area contributed by atoms with Gasteiger partial charge < -0.3 is 16.0 Å². The third-order valence-corrected chi connectivity index (χ3v) is 3.03. The molecule has 102 valence electrons. The van der Waals surface area contributed by atoms with Gasteiger partial charge in [-0.3, -0.25) is 4.79 Å². The third-order valence-electron chi connectivity index (χ3n) is 3.03. The minimum absolute atomic E-state index is 0.0829. The van der Waals surface area contributed by atoms with Gasteiger partial charge in [-0.2, -0.15) is 0 Å². The number of amides is 1. The first-order valence-electron chi connectivity index (χ1n) is 5.88. The highest BCUT2D eigenvalue weighted by Crippen LogP contribution is 2.07. The van der Waals surface area contributed by atoms with E-state index in [2.05, 4.69) is 34.4 Å². The summed E-state index contributed by atoms with van der Waals surface area (Å²) >= 11 is 0. The van der Waals surface area contributed by atoms with Crippen molar-refractivity contribution in [3.8, 4) is 0 Å². The lowest BCUT2D eigenvalue weighted by atomic mass is 10.0. The van der Waals surface area contributed by atoms with Gasteiger partial charge in [-0.1, -0.05) is 5.21 Å². The largest absolute Gasteiger partial charge is 0.353 e. The first kappa shape index (κ1) is 14.6. The molecule has 0 unspecified atom stereocenters. The molecule has 18 heavy (non-hydrogen) atoms. The number of hydrogen-bond acceptors (Lipinski definition) is 5. The molecule has 0 fully saturated rings. The number of carbonyl (C=O) groups is 1. The number of nitrogens with one attached hydrogen (secondary N) is 1. The van der Waals surface area contributed by atoms with Crippen LogP contribution in [0.15, 0.2) is 6.20 Å². The molecule has 0 saturated carbocycles. The quantitative estimate of drug-likeness (QED) is 0.693. The highest BCUT2D eigenvalue weighted by molar-refractivity contribution is 5.75. The van der Waals surface area contributed by atoms with Crippen LogP contribution in [0.5, 0.6) is 0 Å². The highest BCUT2D eigenvalue weighted by atomic mass is 16.2. The summed E-state index contributed by atoms with van der Waals surface area (Å²) in [6.45, 7) is 5.20. The van der Waals surface area contributed by atoms with Gasteiger partial charge in [-0.05, 0) is 27.9 Å². The van der Waals surface area contributed by atoms with Gasteiger partial charge in [0.2, 0.25) is 5.91 Å². The molecule has 0 aliphatic heterocycles. The number of nitrogens with zero attached hydrogens (tertiary/aromatic N) is 4. The minimum Gasteiger partial charge on any atom is -0.353 e. The topological polar surface area (TPSA) is 89.1 Å². The van der Waals surface area contributed by atoms with Crippen LogP contribution >= 0.6 is 0 Å². The molecule has 1 amide bonds. The fourth-order valence-corrected chi connectivity index (χ4v) is 1.19. The average Bonchev–Trinajstić information content (AvgIpc) is 2.74. The van der Waals surface area contributed by atoms with Gasteiger partial charge in [0.1, 0.15) is 6.54 Å². The zero-order valence-electron chi connectivity index (χ0n) is 11.5. The summed E-state index contributed by atoms with van der Waals surface area (Å²) in [6.07, 6.45) is 1.68. The molecule has 0 aliphatic rings. The number of hydrogen-bond donors (Lipinski definition) is 2. The van der Waals surface area contributed by atoms with E-state index in [0.29, 0.717) is 18.8 Å². The van der Waals surface area contributed by atoms with Crippen LogP contribution < -0.4 is 11.1 Å². The number of aromatic nitrogens is 3. The molecule has 1 heterocycles. The molecule has 7 nitrogen and oxygen atoms in total. The zero-order valence-corrected chi connectivity index (χ0v) is 11.5. The van der Waals surface area contributed by atoms with Gasteiger partial charge in [0, 0.05) is 18.6 Å². The molecule has 0 saturated heterocycles. The molecule has 7 heteroatoms. The van der Waals surface area contributed by atoms with E-state index in [1.807, 2.05) is 14.1 Å². The van der Waals surface area contributed by atoms with E-state index in [-0.39, 0.29) is 18.0 Å². The van der Waals surface area contributed by atoms with Crippen LogP contribution in [0.1, 0.15) is 19.5 Å². The van der Waals surface area contributed by atoms with Crippen molar-refractivity contribution < 1.29 is 4.79 Å². The fourth-order valence-electron chi connectivity index (χ4n) is 1.19. The Morgan fingerprint density at radius 1 is 1.56 bits per heavy atom. The van der Waals surface area contributed by atoms with Gasteiger partial charge in [0.15, 0.2) is 0 Å². The molecule has 0 spiro atoms. The van der Waals surface area contributed by atoms with E-state index in [1.165, 1.54) is 4.68 Å². The van der Waals surface area contributed by atoms with Crippen molar-refractivity contribution >= 4 is 5.91 Å². The summed E-state index contributed by atoms with van der Waals surface area (Å²) in [6, 6.07) is 0. The molecule has 1 aromatic rings. The third kappa shape index (κ3) is 4.08. The Labute approximate surface area is 107 Å². The Bertz CT molecular complexity index is 398. The van der Waals surface area contributed by atoms with Crippen molar-refractivity contribution in [3.05, 3.63) is 11.9 Å². The van der Waals surface area contributed by atoms with Crippen LogP contribution in [-0.2, 0) is 17.9 Å². The van der Waals surface area contributed by atoms with E-state index < -0.39 is 0 Å². The molecular weight excluding hydrogens is 232 g/mol. The Morgan fingerprint density at radius 2 is 2.22 bits per heavy atom. The van der Waals surface area contributed by atoms with E-state index in [1.54, 1.807) is 6.20 Å². The molecule has 0 radical (unpaired) electrons. The van der Waals surface area contributed by atoms with E-state index >= 15 is 0 Å². The van der Waals surface area contributed by atoms with Gasteiger partial charge in [-0.15, -0.1) is 5.10 Å². The van der Waals surface area contributed by atoms with Crippen molar-refractivity contribution in [1.29, 1.82) is 0 Å². The molecule has 1 aromatic heterocycles. The SMILES string of the molecule is CN(C)C(C)(C)CNC(=O)Cn1cc(CN)nn1. The van der Waals surface area contributed by atoms with Gasteiger partial charge >= 0.3 is 0 Å².